The zero-order valence-corrected chi connectivity index (χ0v) is 13.4. The number of esters is 1. The van der Waals surface area contributed by atoms with E-state index >= 15 is 0 Å². The lowest BCUT2D eigenvalue weighted by atomic mass is 9.85. The number of para-hydroxylation sites is 1. The van der Waals surface area contributed by atoms with E-state index in [1.165, 1.54) is 19.3 Å². The Balaban J connectivity index is 2.20. The van der Waals surface area contributed by atoms with Crippen molar-refractivity contribution in [1.82, 2.24) is 0 Å². The number of hydrogen-bond donors (Lipinski definition) is 0. The number of benzene rings is 1. The molecule has 1 aromatic carbocycles. The van der Waals surface area contributed by atoms with Crippen molar-refractivity contribution in [2.45, 2.75) is 59.0 Å². The lowest BCUT2D eigenvalue weighted by molar-refractivity contribution is -0.154. The van der Waals surface area contributed by atoms with Crippen LogP contribution in [-0.4, -0.2) is 18.7 Å². The van der Waals surface area contributed by atoms with Crippen LogP contribution >= 0.6 is 0 Å². The van der Waals surface area contributed by atoms with Crippen molar-refractivity contribution in [3.05, 3.63) is 29.3 Å². The predicted molar refractivity (Wildman–Crippen MR) is 83.5 cm³/mol. The Hall–Kier alpha value is -1.51. The van der Waals surface area contributed by atoms with Gasteiger partial charge < -0.3 is 9.47 Å². The molecule has 1 aromatic rings. The molecule has 3 nitrogen and oxygen atoms in total. The molecule has 1 aliphatic rings. The highest BCUT2D eigenvalue weighted by molar-refractivity contribution is 5.75. The van der Waals surface area contributed by atoms with Crippen molar-refractivity contribution in [3.63, 3.8) is 0 Å². The fraction of sp³-hybridized carbons (Fsp3) is 0.611. The molecule has 2 rings (SSSR count). The van der Waals surface area contributed by atoms with Crippen LogP contribution in [0, 0.1) is 19.8 Å². The molecule has 0 aliphatic heterocycles. The second kappa shape index (κ2) is 7.48. The Labute approximate surface area is 127 Å². The average molecular weight is 290 g/mol. The fourth-order valence-electron chi connectivity index (χ4n) is 3.11. The van der Waals surface area contributed by atoms with E-state index in [4.69, 9.17) is 9.47 Å². The largest absolute Gasteiger partial charge is 0.478 e. The van der Waals surface area contributed by atoms with Crippen molar-refractivity contribution in [3.8, 4) is 5.75 Å². The summed E-state index contributed by atoms with van der Waals surface area (Å²) in [7, 11) is 0. The topological polar surface area (TPSA) is 35.5 Å². The molecule has 3 heteroatoms. The molecule has 0 amide bonds. The molecule has 0 bridgehead atoms. The van der Waals surface area contributed by atoms with Gasteiger partial charge in [0.2, 0.25) is 0 Å². The fourth-order valence-corrected chi connectivity index (χ4v) is 3.11. The molecule has 0 aromatic heterocycles. The molecule has 0 radical (unpaired) electrons. The molecule has 0 N–H and O–H groups in total. The lowest BCUT2D eigenvalue weighted by Gasteiger charge is -2.30. The predicted octanol–water partition coefficient (Wildman–Crippen LogP) is 4.19. The second-order valence-electron chi connectivity index (χ2n) is 5.91. The van der Waals surface area contributed by atoms with Gasteiger partial charge in [-0.15, -0.1) is 0 Å². The average Bonchev–Trinajstić information content (AvgIpc) is 2.48. The first kappa shape index (κ1) is 15.9. The minimum atomic E-state index is -0.468. The first-order valence-electron chi connectivity index (χ1n) is 8.03. The monoisotopic (exact) mass is 290 g/mol. The summed E-state index contributed by atoms with van der Waals surface area (Å²) in [5.74, 6) is 0.894. The van der Waals surface area contributed by atoms with Crippen LogP contribution in [0.2, 0.25) is 0 Å². The molecule has 1 fully saturated rings. The summed E-state index contributed by atoms with van der Waals surface area (Å²) in [6, 6.07) is 6.05. The van der Waals surface area contributed by atoms with Crippen LogP contribution in [-0.2, 0) is 9.53 Å². The second-order valence-corrected chi connectivity index (χ2v) is 5.91. The molecule has 1 atom stereocenters. The van der Waals surface area contributed by atoms with Crippen LogP contribution in [0.15, 0.2) is 18.2 Å². The summed E-state index contributed by atoms with van der Waals surface area (Å²) < 4.78 is 11.4. The van der Waals surface area contributed by atoms with Crippen LogP contribution in [0.5, 0.6) is 5.75 Å². The highest BCUT2D eigenvalue weighted by atomic mass is 16.6. The van der Waals surface area contributed by atoms with Crippen LogP contribution in [0.3, 0.4) is 0 Å². The minimum absolute atomic E-state index is 0.216. The van der Waals surface area contributed by atoms with Crippen LogP contribution in [0.25, 0.3) is 0 Å². The number of ether oxygens (including phenoxy) is 2. The molecule has 1 aliphatic carbocycles. The highest BCUT2D eigenvalue weighted by Gasteiger charge is 2.33. The number of carbonyl (C=O) groups is 1. The highest BCUT2D eigenvalue weighted by Crippen LogP contribution is 2.32. The third kappa shape index (κ3) is 3.99. The van der Waals surface area contributed by atoms with Crippen LogP contribution < -0.4 is 4.74 Å². The Kier molecular flexibility index (Phi) is 5.66. The summed E-state index contributed by atoms with van der Waals surface area (Å²) >= 11 is 0. The van der Waals surface area contributed by atoms with Gasteiger partial charge in [-0.25, -0.2) is 4.79 Å². The number of rotatable bonds is 5. The van der Waals surface area contributed by atoms with Crippen molar-refractivity contribution in [1.29, 1.82) is 0 Å². The molecule has 1 saturated carbocycles. The molecule has 0 spiro atoms. The normalized spacial score (nSPS) is 17.3. The van der Waals surface area contributed by atoms with Gasteiger partial charge in [-0.3, -0.25) is 0 Å². The smallest absolute Gasteiger partial charge is 0.347 e. The quantitative estimate of drug-likeness (QED) is 0.763. The molecular formula is C18H26O3. The standard InChI is InChI=1S/C18H26O3/c1-4-20-18(19)17(15-11-6-5-7-12-15)21-16-13(2)9-8-10-14(16)3/h8-10,15,17H,4-7,11-12H2,1-3H3. The van der Waals surface area contributed by atoms with E-state index in [1.807, 2.05) is 39.0 Å². The van der Waals surface area contributed by atoms with E-state index < -0.39 is 6.10 Å². The molecule has 0 heterocycles. The summed E-state index contributed by atoms with van der Waals surface area (Å²) in [6.45, 7) is 6.28. The summed E-state index contributed by atoms with van der Waals surface area (Å²) in [5, 5.41) is 0. The van der Waals surface area contributed by atoms with Crippen molar-refractivity contribution < 1.29 is 14.3 Å². The zero-order chi connectivity index (χ0) is 15.2. The van der Waals surface area contributed by atoms with E-state index in [2.05, 4.69) is 0 Å². The van der Waals surface area contributed by atoms with Gasteiger partial charge in [-0.2, -0.15) is 0 Å². The summed E-state index contributed by atoms with van der Waals surface area (Å²) in [6.07, 6.45) is 5.25. The Morgan fingerprint density at radius 2 is 1.81 bits per heavy atom. The van der Waals surface area contributed by atoms with Gasteiger partial charge in [-0.05, 0) is 44.7 Å². The van der Waals surface area contributed by atoms with Gasteiger partial charge in [0.05, 0.1) is 6.61 Å². The van der Waals surface area contributed by atoms with Gasteiger partial charge in [0.15, 0.2) is 6.10 Å². The Morgan fingerprint density at radius 1 is 1.19 bits per heavy atom. The molecule has 21 heavy (non-hydrogen) atoms. The van der Waals surface area contributed by atoms with Gasteiger partial charge in [0, 0.05) is 5.92 Å². The molecule has 0 saturated heterocycles. The maximum absolute atomic E-state index is 12.3. The zero-order valence-electron chi connectivity index (χ0n) is 13.4. The summed E-state index contributed by atoms with van der Waals surface area (Å²) in [4.78, 5) is 12.3. The van der Waals surface area contributed by atoms with Gasteiger partial charge >= 0.3 is 5.97 Å². The molecular weight excluding hydrogens is 264 g/mol. The molecule has 1 unspecified atom stereocenters. The van der Waals surface area contributed by atoms with E-state index in [0.717, 1.165) is 29.7 Å². The third-order valence-corrected chi connectivity index (χ3v) is 4.25. The van der Waals surface area contributed by atoms with Crippen LogP contribution in [0.1, 0.15) is 50.2 Å². The summed E-state index contributed by atoms with van der Waals surface area (Å²) in [5.41, 5.74) is 2.14. The SMILES string of the molecule is CCOC(=O)C(Oc1c(C)cccc1C)C1CCCCC1. The van der Waals surface area contributed by atoms with Crippen molar-refractivity contribution in [2.75, 3.05) is 6.61 Å². The third-order valence-electron chi connectivity index (χ3n) is 4.25. The lowest BCUT2D eigenvalue weighted by Crippen LogP contribution is -2.38. The Bertz CT molecular complexity index is 455. The first-order valence-corrected chi connectivity index (χ1v) is 8.03. The van der Waals surface area contributed by atoms with Crippen molar-refractivity contribution in [2.24, 2.45) is 5.92 Å². The van der Waals surface area contributed by atoms with E-state index in [9.17, 15) is 4.79 Å². The number of hydrogen-bond acceptors (Lipinski definition) is 3. The van der Waals surface area contributed by atoms with Gasteiger partial charge in [0.1, 0.15) is 5.75 Å². The number of aryl methyl sites for hydroxylation is 2. The maximum atomic E-state index is 12.3. The first-order chi connectivity index (χ1) is 10.1. The van der Waals surface area contributed by atoms with E-state index in [1.54, 1.807) is 0 Å². The van der Waals surface area contributed by atoms with E-state index in [-0.39, 0.29) is 11.9 Å². The van der Waals surface area contributed by atoms with Gasteiger partial charge in [-0.1, -0.05) is 37.5 Å². The maximum Gasteiger partial charge on any atom is 0.347 e. The molecule has 116 valence electrons. The number of carbonyl (C=O) groups excluding carboxylic acids is 1. The Morgan fingerprint density at radius 3 is 2.38 bits per heavy atom. The van der Waals surface area contributed by atoms with Crippen LogP contribution in [0.4, 0.5) is 0 Å². The minimum Gasteiger partial charge on any atom is -0.478 e. The van der Waals surface area contributed by atoms with E-state index in [0.29, 0.717) is 6.61 Å². The van der Waals surface area contributed by atoms with Crippen molar-refractivity contribution >= 4 is 5.97 Å². The van der Waals surface area contributed by atoms with Gasteiger partial charge in [0.25, 0.3) is 0 Å².